The van der Waals surface area contributed by atoms with Crippen LogP contribution in [0.25, 0.3) is 22.2 Å². The van der Waals surface area contributed by atoms with E-state index in [1.165, 1.54) is 17.7 Å². The van der Waals surface area contributed by atoms with Gasteiger partial charge in [0, 0.05) is 23.6 Å². The Morgan fingerprint density at radius 1 is 1.03 bits per heavy atom. The summed E-state index contributed by atoms with van der Waals surface area (Å²) in [5.74, 6) is 0.253. The molecular formula is C24H23FN2O3. The average molecular weight is 406 g/mol. The number of rotatable bonds is 9. The highest BCUT2D eigenvalue weighted by atomic mass is 19.1. The Bertz CT molecular complexity index is 1100. The molecule has 0 radical (unpaired) electrons. The number of aliphatic hydroxyl groups is 1. The van der Waals surface area contributed by atoms with Gasteiger partial charge >= 0.3 is 0 Å². The van der Waals surface area contributed by atoms with Crippen LogP contribution in [0, 0.1) is 5.82 Å². The van der Waals surface area contributed by atoms with Gasteiger partial charge in [-0.05, 0) is 42.8 Å². The Hall–Kier alpha value is -3.22. The summed E-state index contributed by atoms with van der Waals surface area (Å²) in [5, 5.41) is 18.2. The van der Waals surface area contributed by atoms with Gasteiger partial charge in [-0.15, -0.1) is 0 Å². The number of nitrogens with one attached hydrogen (secondary N) is 1. The van der Waals surface area contributed by atoms with Crippen molar-refractivity contribution in [2.75, 3.05) is 19.7 Å². The summed E-state index contributed by atoms with van der Waals surface area (Å²) in [6.07, 6.45) is 0.284. The van der Waals surface area contributed by atoms with Gasteiger partial charge in [-0.2, -0.15) is 0 Å². The van der Waals surface area contributed by atoms with Crippen LogP contribution in [0.5, 0.6) is 5.75 Å². The molecule has 30 heavy (non-hydrogen) atoms. The molecule has 0 saturated heterocycles. The number of hydrogen-bond donors (Lipinski definition) is 2. The van der Waals surface area contributed by atoms with Crippen molar-refractivity contribution >= 4 is 11.0 Å². The molecule has 0 saturated carbocycles. The molecular weight excluding hydrogens is 383 g/mol. The van der Waals surface area contributed by atoms with E-state index < -0.39 is 6.10 Å². The molecule has 1 heterocycles. The SMILES string of the molecule is O[C@H](CNCCc1ccccc1)COc1cccc(-c2noc3cc(F)ccc23)c1. The third-order valence-electron chi connectivity index (χ3n) is 4.80. The predicted molar refractivity (Wildman–Crippen MR) is 114 cm³/mol. The monoisotopic (exact) mass is 406 g/mol. The Kier molecular flexibility index (Phi) is 6.37. The maximum absolute atomic E-state index is 13.3. The van der Waals surface area contributed by atoms with Crippen LogP contribution in [0.4, 0.5) is 4.39 Å². The molecule has 154 valence electrons. The number of aromatic nitrogens is 1. The molecule has 0 aliphatic rings. The molecule has 0 fully saturated rings. The van der Waals surface area contributed by atoms with Crippen molar-refractivity contribution < 1.29 is 18.8 Å². The van der Waals surface area contributed by atoms with E-state index in [2.05, 4.69) is 22.6 Å². The summed E-state index contributed by atoms with van der Waals surface area (Å²) < 4.78 is 24.3. The number of halogens is 1. The van der Waals surface area contributed by atoms with Gasteiger partial charge in [0.25, 0.3) is 0 Å². The quantitative estimate of drug-likeness (QED) is 0.408. The van der Waals surface area contributed by atoms with Crippen molar-refractivity contribution in [3.63, 3.8) is 0 Å². The summed E-state index contributed by atoms with van der Waals surface area (Å²) in [6, 6.07) is 21.9. The van der Waals surface area contributed by atoms with E-state index in [-0.39, 0.29) is 12.4 Å². The molecule has 2 N–H and O–H groups in total. The Labute approximate surface area is 174 Å². The highest BCUT2D eigenvalue weighted by molar-refractivity contribution is 5.91. The minimum Gasteiger partial charge on any atom is -0.491 e. The maximum Gasteiger partial charge on any atom is 0.170 e. The van der Waals surface area contributed by atoms with Crippen LogP contribution >= 0.6 is 0 Å². The van der Waals surface area contributed by atoms with Crippen LogP contribution in [-0.4, -0.2) is 36.1 Å². The minimum absolute atomic E-state index is 0.173. The molecule has 6 heteroatoms. The lowest BCUT2D eigenvalue weighted by Gasteiger charge is -2.14. The van der Waals surface area contributed by atoms with Gasteiger partial charge in [-0.25, -0.2) is 4.39 Å². The lowest BCUT2D eigenvalue weighted by molar-refractivity contribution is 0.106. The zero-order valence-electron chi connectivity index (χ0n) is 16.4. The van der Waals surface area contributed by atoms with Crippen LogP contribution in [0.2, 0.25) is 0 Å². The molecule has 0 aliphatic heterocycles. The first-order valence-corrected chi connectivity index (χ1v) is 9.90. The van der Waals surface area contributed by atoms with E-state index in [0.29, 0.717) is 23.6 Å². The van der Waals surface area contributed by atoms with E-state index in [1.54, 1.807) is 6.07 Å². The molecule has 0 aliphatic carbocycles. The second-order valence-corrected chi connectivity index (χ2v) is 7.10. The number of hydrogen-bond acceptors (Lipinski definition) is 5. The Morgan fingerprint density at radius 3 is 2.77 bits per heavy atom. The predicted octanol–water partition coefficient (Wildman–Crippen LogP) is 4.21. The molecule has 5 nitrogen and oxygen atoms in total. The first kappa shape index (κ1) is 20.1. The third kappa shape index (κ3) is 5.03. The number of ether oxygens (including phenoxy) is 1. The van der Waals surface area contributed by atoms with Gasteiger partial charge in [0.2, 0.25) is 0 Å². The van der Waals surface area contributed by atoms with Crippen molar-refractivity contribution in [2.45, 2.75) is 12.5 Å². The van der Waals surface area contributed by atoms with Crippen molar-refractivity contribution in [3.05, 3.63) is 84.2 Å². The van der Waals surface area contributed by atoms with E-state index in [0.717, 1.165) is 23.9 Å². The fourth-order valence-corrected chi connectivity index (χ4v) is 3.25. The van der Waals surface area contributed by atoms with E-state index in [4.69, 9.17) is 9.26 Å². The molecule has 1 atom stereocenters. The second kappa shape index (κ2) is 9.52. The Balaban J connectivity index is 1.30. The van der Waals surface area contributed by atoms with Gasteiger partial charge < -0.3 is 19.7 Å². The van der Waals surface area contributed by atoms with E-state index >= 15 is 0 Å². The zero-order chi connectivity index (χ0) is 20.8. The summed E-state index contributed by atoms with van der Waals surface area (Å²) >= 11 is 0. The first-order valence-electron chi connectivity index (χ1n) is 9.90. The lowest BCUT2D eigenvalue weighted by Crippen LogP contribution is -2.32. The Morgan fingerprint density at radius 2 is 1.90 bits per heavy atom. The van der Waals surface area contributed by atoms with Crippen molar-refractivity contribution in [1.29, 1.82) is 0 Å². The maximum atomic E-state index is 13.3. The lowest BCUT2D eigenvalue weighted by atomic mass is 10.1. The van der Waals surface area contributed by atoms with E-state index in [9.17, 15) is 9.50 Å². The van der Waals surface area contributed by atoms with Crippen molar-refractivity contribution in [3.8, 4) is 17.0 Å². The molecule has 0 amide bonds. The highest BCUT2D eigenvalue weighted by Gasteiger charge is 2.12. The van der Waals surface area contributed by atoms with Gasteiger partial charge in [0.15, 0.2) is 5.58 Å². The van der Waals surface area contributed by atoms with Crippen molar-refractivity contribution in [1.82, 2.24) is 10.5 Å². The average Bonchev–Trinajstić information content (AvgIpc) is 3.19. The molecule has 0 spiro atoms. The molecule has 4 rings (SSSR count). The summed E-state index contributed by atoms with van der Waals surface area (Å²) in [5.41, 5.74) is 3.08. The summed E-state index contributed by atoms with van der Waals surface area (Å²) in [7, 11) is 0. The fourth-order valence-electron chi connectivity index (χ4n) is 3.25. The zero-order valence-corrected chi connectivity index (χ0v) is 16.4. The molecule has 3 aromatic carbocycles. The van der Waals surface area contributed by atoms with Crippen molar-refractivity contribution in [2.24, 2.45) is 0 Å². The second-order valence-electron chi connectivity index (χ2n) is 7.10. The van der Waals surface area contributed by atoms with Crippen LogP contribution < -0.4 is 10.1 Å². The van der Waals surface area contributed by atoms with Crippen LogP contribution in [0.1, 0.15) is 5.56 Å². The first-order chi connectivity index (χ1) is 14.7. The van der Waals surface area contributed by atoms with Crippen LogP contribution in [-0.2, 0) is 6.42 Å². The topological polar surface area (TPSA) is 67.5 Å². The molecule has 0 unspecified atom stereocenters. The highest BCUT2D eigenvalue weighted by Crippen LogP contribution is 2.30. The van der Waals surface area contributed by atoms with E-state index in [1.807, 2.05) is 42.5 Å². The van der Waals surface area contributed by atoms with Gasteiger partial charge in [0.1, 0.15) is 30.0 Å². The number of aliphatic hydroxyl groups excluding tert-OH is 1. The minimum atomic E-state index is -0.625. The molecule has 4 aromatic rings. The number of benzene rings is 3. The third-order valence-corrected chi connectivity index (χ3v) is 4.80. The van der Waals surface area contributed by atoms with Gasteiger partial charge in [-0.3, -0.25) is 0 Å². The van der Waals surface area contributed by atoms with Gasteiger partial charge in [-0.1, -0.05) is 47.6 Å². The molecule has 0 bridgehead atoms. The van der Waals surface area contributed by atoms with Crippen LogP contribution in [0.3, 0.4) is 0 Å². The smallest absolute Gasteiger partial charge is 0.170 e. The number of nitrogens with zero attached hydrogens (tertiary/aromatic N) is 1. The largest absolute Gasteiger partial charge is 0.491 e. The number of fused-ring (bicyclic) bond motifs is 1. The van der Waals surface area contributed by atoms with Gasteiger partial charge in [0.05, 0.1) is 0 Å². The fraction of sp³-hybridized carbons (Fsp3) is 0.208. The van der Waals surface area contributed by atoms with Crippen LogP contribution in [0.15, 0.2) is 77.3 Å². The standard InChI is InChI=1S/C24H23FN2O3/c25-19-9-10-22-23(14-19)30-27-24(22)18-7-4-8-21(13-18)29-16-20(28)15-26-12-11-17-5-2-1-3-6-17/h1-10,13-14,20,26,28H,11-12,15-16H2/t20-/m1/s1. The summed E-state index contributed by atoms with van der Waals surface area (Å²) in [6.45, 7) is 1.41. The normalized spacial score (nSPS) is 12.2. The molecule has 1 aromatic heterocycles. The summed E-state index contributed by atoms with van der Waals surface area (Å²) in [4.78, 5) is 0.